The minimum Gasteiger partial charge on any atom is -0.302 e. The fraction of sp³-hybridized carbons (Fsp3) is 0.0455. The third-order valence-corrected chi connectivity index (χ3v) is 4.07. The number of hydrogen-bond donors (Lipinski definition) is 2. The third-order valence-electron chi connectivity index (χ3n) is 3.82. The molecule has 0 aromatic heterocycles. The van der Waals surface area contributed by atoms with E-state index < -0.39 is 0 Å². The number of hydrogen-bond acceptors (Lipinski definition) is 2. The van der Waals surface area contributed by atoms with Gasteiger partial charge in [-0.25, -0.2) is 0 Å². The first kappa shape index (κ1) is 17.8. The van der Waals surface area contributed by atoms with Gasteiger partial charge in [-0.05, 0) is 41.5 Å². The summed E-state index contributed by atoms with van der Waals surface area (Å²) in [5.74, 6) is -0.214. The average Bonchev–Trinajstić information content (AvgIpc) is 2.68. The Hall–Kier alpha value is -3.04. The van der Waals surface area contributed by atoms with Crippen molar-refractivity contribution in [1.82, 2.24) is 10.9 Å². The van der Waals surface area contributed by atoms with E-state index >= 15 is 0 Å². The van der Waals surface area contributed by atoms with Crippen LogP contribution in [0.3, 0.4) is 0 Å². The molecule has 0 aliphatic heterocycles. The lowest BCUT2D eigenvalue weighted by atomic mass is 10.1. The summed E-state index contributed by atoms with van der Waals surface area (Å²) in [6.07, 6.45) is 2.70. The molecule has 2 N–H and O–H groups in total. The molecule has 130 valence electrons. The van der Waals surface area contributed by atoms with Gasteiger partial charge in [0.25, 0.3) is 5.91 Å². The molecule has 3 aromatic carbocycles. The van der Waals surface area contributed by atoms with E-state index in [1.165, 1.54) is 0 Å². The molecule has 0 unspecified atom stereocenters. The molecule has 0 heterocycles. The van der Waals surface area contributed by atoms with Crippen LogP contribution in [0.4, 0.5) is 0 Å². The van der Waals surface area contributed by atoms with E-state index in [0.717, 1.165) is 16.8 Å². The highest BCUT2D eigenvalue weighted by Gasteiger charge is 2.06. The molecule has 0 atom stereocenters. The Morgan fingerprint density at radius 2 is 1.42 bits per heavy atom. The molecule has 4 heteroatoms. The van der Waals surface area contributed by atoms with E-state index in [-0.39, 0.29) is 5.91 Å². The Balaban J connectivity index is 1.74. The van der Waals surface area contributed by atoms with Gasteiger partial charge in [0.15, 0.2) is 0 Å². The predicted octanol–water partition coefficient (Wildman–Crippen LogP) is 4.86. The van der Waals surface area contributed by atoms with Gasteiger partial charge in [0.1, 0.15) is 0 Å². The molecule has 0 saturated carbocycles. The predicted molar refractivity (Wildman–Crippen MR) is 107 cm³/mol. The number of hydrazine groups is 1. The Labute approximate surface area is 158 Å². The summed E-state index contributed by atoms with van der Waals surface area (Å²) in [6.45, 7) is 0. The maximum atomic E-state index is 12.3. The number of benzene rings is 3. The second-order valence-corrected chi connectivity index (χ2v) is 6.27. The quantitative estimate of drug-likeness (QED) is 0.615. The standard InChI is InChI=1S/C22H19ClN2O/c23-20-13-11-19(12-14-20)22(26)25-24-21(15-17-7-3-1-4-8-17)16-18-9-5-2-6-10-18/h1-15,24H,16H2,(H,25,26). The van der Waals surface area contributed by atoms with Crippen LogP contribution in [0, 0.1) is 0 Å². The van der Waals surface area contributed by atoms with Crippen LogP contribution in [-0.2, 0) is 6.42 Å². The Morgan fingerprint density at radius 1 is 0.808 bits per heavy atom. The monoisotopic (exact) mass is 362 g/mol. The Bertz CT molecular complexity index is 875. The highest BCUT2D eigenvalue weighted by molar-refractivity contribution is 6.30. The zero-order chi connectivity index (χ0) is 18.2. The third kappa shape index (κ3) is 5.23. The van der Waals surface area contributed by atoms with Crippen molar-refractivity contribution >= 4 is 23.6 Å². The van der Waals surface area contributed by atoms with Gasteiger partial charge in [-0.1, -0.05) is 72.3 Å². The topological polar surface area (TPSA) is 41.1 Å². The van der Waals surface area contributed by atoms with Crippen LogP contribution in [0.5, 0.6) is 0 Å². The summed E-state index contributed by atoms with van der Waals surface area (Å²) in [6, 6.07) is 26.9. The van der Waals surface area contributed by atoms with Crippen LogP contribution in [0.25, 0.3) is 6.08 Å². The molecule has 1 amide bonds. The van der Waals surface area contributed by atoms with Gasteiger partial charge in [-0.2, -0.15) is 0 Å². The summed E-state index contributed by atoms with van der Waals surface area (Å²) in [5, 5.41) is 0.600. The number of amides is 1. The molecule has 3 aromatic rings. The van der Waals surface area contributed by atoms with Crippen molar-refractivity contribution in [2.24, 2.45) is 0 Å². The SMILES string of the molecule is O=C(NNC(=Cc1ccccc1)Cc1ccccc1)c1ccc(Cl)cc1. The van der Waals surface area contributed by atoms with Crippen LogP contribution < -0.4 is 10.9 Å². The molecule has 0 aliphatic rings. The lowest BCUT2D eigenvalue weighted by Gasteiger charge is -2.13. The summed E-state index contributed by atoms with van der Waals surface area (Å²) >= 11 is 5.87. The lowest BCUT2D eigenvalue weighted by molar-refractivity contribution is 0.0938. The van der Waals surface area contributed by atoms with E-state index in [1.54, 1.807) is 24.3 Å². The lowest BCUT2D eigenvalue weighted by Crippen LogP contribution is -2.37. The van der Waals surface area contributed by atoms with Crippen LogP contribution in [0.1, 0.15) is 21.5 Å². The summed E-state index contributed by atoms with van der Waals surface area (Å²) in [7, 11) is 0. The maximum absolute atomic E-state index is 12.3. The first-order chi connectivity index (χ1) is 12.7. The molecule has 0 fully saturated rings. The average molecular weight is 363 g/mol. The molecule has 0 radical (unpaired) electrons. The smallest absolute Gasteiger partial charge is 0.269 e. The van der Waals surface area contributed by atoms with Crippen LogP contribution in [0.2, 0.25) is 5.02 Å². The van der Waals surface area contributed by atoms with Gasteiger partial charge < -0.3 is 5.43 Å². The number of rotatable bonds is 6. The minimum atomic E-state index is -0.214. The second kappa shape index (κ2) is 8.88. The highest BCUT2D eigenvalue weighted by atomic mass is 35.5. The van der Waals surface area contributed by atoms with Gasteiger partial charge in [0.05, 0.1) is 0 Å². The van der Waals surface area contributed by atoms with E-state index in [2.05, 4.69) is 23.0 Å². The van der Waals surface area contributed by atoms with E-state index in [1.807, 2.05) is 54.6 Å². The van der Waals surface area contributed by atoms with Crippen molar-refractivity contribution in [2.45, 2.75) is 6.42 Å². The van der Waals surface area contributed by atoms with Gasteiger partial charge in [0, 0.05) is 22.7 Å². The molecule has 3 rings (SSSR count). The molecule has 0 aliphatic carbocycles. The number of allylic oxidation sites excluding steroid dienone is 1. The number of halogens is 1. The largest absolute Gasteiger partial charge is 0.302 e. The molecule has 26 heavy (non-hydrogen) atoms. The first-order valence-electron chi connectivity index (χ1n) is 8.32. The first-order valence-corrected chi connectivity index (χ1v) is 8.70. The molecular weight excluding hydrogens is 344 g/mol. The fourth-order valence-electron chi connectivity index (χ4n) is 2.51. The Morgan fingerprint density at radius 3 is 2.08 bits per heavy atom. The summed E-state index contributed by atoms with van der Waals surface area (Å²) < 4.78 is 0. The van der Waals surface area contributed by atoms with Gasteiger partial charge in [0.2, 0.25) is 0 Å². The van der Waals surface area contributed by atoms with Crippen molar-refractivity contribution in [2.75, 3.05) is 0 Å². The van der Waals surface area contributed by atoms with E-state index in [4.69, 9.17) is 11.6 Å². The van der Waals surface area contributed by atoms with Crippen molar-refractivity contribution in [3.05, 3.63) is 112 Å². The van der Waals surface area contributed by atoms with E-state index in [0.29, 0.717) is 17.0 Å². The number of nitrogens with one attached hydrogen (secondary N) is 2. The van der Waals surface area contributed by atoms with Gasteiger partial charge in [-0.3, -0.25) is 10.2 Å². The van der Waals surface area contributed by atoms with Crippen LogP contribution >= 0.6 is 11.6 Å². The summed E-state index contributed by atoms with van der Waals surface area (Å²) in [4.78, 5) is 12.3. The van der Waals surface area contributed by atoms with Crippen molar-refractivity contribution in [3.8, 4) is 0 Å². The molecule has 0 saturated heterocycles. The molecular formula is C22H19ClN2O. The van der Waals surface area contributed by atoms with Gasteiger partial charge >= 0.3 is 0 Å². The van der Waals surface area contributed by atoms with Crippen molar-refractivity contribution in [1.29, 1.82) is 0 Å². The molecule has 3 nitrogen and oxygen atoms in total. The molecule has 0 spiro atoms. The minimum absolute atomic E-state index is 0.214. The number of carbonyl (C=O) groups is 1. The summed E-state index contributed by atoms with van der Waals surface area (Å²) in [5.41, 5.74) is 9.47. The number of carbonyl (C=O) groups excluding carboxylic acids is 1. The zero-order valence-electron chi connectivity index (χ0n) is 14.2. The van der Waals surface area contributed by atoms with E-state index in [9.17, 15) is 4.79 Å². The van der Waals surface area contributed by atoms with Crippen molar-refractivity contribution in [3.63, 3.8) is 0 Å². The normalized spacial score (nSPS) is 11.0. The second-order valence-electron chi connectivity index (χ2n) is 5.83. The fourth-order valence-corrected chi connectivity index (χ4v) is 2.63. The molecule has 0 bridgehead atoms. The van der Waals surface area contributed by atoms with Crippen LogP contribution in [-0.4, -0.2) is 5.91 Å². The van der Waals surface area contributed by atoms with Crippen molar-refractivity contribution < 1.29 is 4.79 Å². The maximum Gasteiger partial charge on any atom is 0.269 e. The highest BCUT2D eigenvalue weighted by Crippen LogP contribution is 2.11. The Kier molecular flexibility index (Phi) is 6.07. The van der Waals surface area contributed by atoms with Crippen LogP contribution in [0.15, 0.2) is 90.6 Å². The zero-order valence-corrected chi connectivity index (χ0v) is 14.9. The van der Waals surface area contributed by atoms with Gasteiger partial charge in [-0.15, -0.1) is 0 Å².